The van der Waals surface area contributed by atoms with E-state index in [1.54, 1.807) is 42.5 Å². The van der Waals surface area contributed by atoms with Crippen LogP contribution in [0.4, 0.5) is 27.3 Å². The molecule has 32 heavy (non-hydrogen) atoms. The van der Waals surface area contributed by atoms with Crippen LogP contribution in [0, 0.1) is 5.82 Å². The Kier molecular flexibility index (Phi) is 6.09. The number of nitrogens with one attached hydrogen (secondary N) is 2. The number of halogens is 2. The van der Waals surface area contributed by atoms with E-state index < -0.39 is 5.82 Å². The maximum absolute atomic E-state index is 13.4. The van der Waals surface area contributed by atoms with Crippen LogP contribution >= 0.6 is 11.6 Å². The molecule has 0 aliphatic heterocycles. The molecule has 0 saturated heterocycles. The summed E-state index contributed by atoms with van der Waals surface area (Å²) < 4.78 is 19.0. The molecule has 0 spiro atoms. The summed E-state index contributed by atoms with van der Waals surface area (Å²) in [4.78, 5) is 20.7. The third-order valence-electron chi connectivity index (χ3n) is 4.51. The van der Waals surface area contributed by atoms with Gasteiger partial charge in [-0.1, -0.05) is 23.1 Å². The Bertz CT molecular complexity index is 1320. The molecule has 2 radical (unpaired) electrons. The third kappa shape index (κ3) is 4.89. The molecule has 4 aromatic rings. The molecule has 7 nitrogen and oxygen atoms in total. The Morgan fingerprint density at radius 1 is 1.12 bits per heavy atom. The molecule has 0 aliphatic carbocycles. The average Bonchev–Trinajstić information content (AvgIpc) is 2.77. The monoisotopic (exact) mass is 447 g/mol. The molecule has 1 aromatic heterocycles. The van der Waals surface area contributed by atoms with Crippen molar-refractivity contribution in [2.75, 3.05) is 23.0 Å². The highest BCUT2D eigenvalue weighted by Gasteiger charge is 2.10. The number of anilines is 4. The van der Waals surface area contributed by atoms with E-state index in [0.29, 0.717) is 45.0 Å². The summed E-state index contributed by atoms with van der Waals surface area (Å²) in [6, 6.07) is 14.2. The summed E-state index contributed by atoms with van der Waals surface area (Å²) in [5.41, 5.74) is 8.37. The molecule has 0 bridgehead atoms. The number of benzene rings is 3. The van der Waals surface area contributed by atoms with E-state index in [9.17, 15) is 9.18 Å². The van der Waals surface area contributed by atoms with Crippen LogP contribution in [-0.4, -0.2) is 30.3 Å². The standard InChI is InChI=1S/C22H16BClFN5O2/c23-12-1-5-20(18(26)7-12)30-21(31)10-32-14-3-6-19-15(9-14)22(28-11-27-19)29-13-2-4-17(25)16(24)8-13/h1-9,11H,10,26H2,(H,30,31)(H,27,28,29). The van der Waals surface area contributed by atoms with Gasteiger partial charge in [0.2, 0.25) is 0 Å². The van der Waals surface area contributed by atoms with Gasteiger partial charge in [0, 0.05) is 11.1 Å². The van der Waals surface area contributed by atoms with Crippen LogP contribution in [-0.2, 0) is 4.79 Å². The molecule has 1 heterocycles. The minimum atomic E-state index is -0.514. The molecule has 1 amide bonds. The van der Waals surface area contributed by atoms with E-state index in [-0.39, 0.29) is 17.5 Å². The fourth-order valence-electron chi connectivity index (χ4n) is 2.97. The summed E-state index contributed by atoms with van der Waals surface area (Å²) in [5, 5.41) is 6.40. The SMILES string of the molecule is [B]c1ccc(NC(=O)COc2ccc3ncnc(Nc4ccc(F)c(Cl)c4)c3c2)c(N)c1. The van der Waals surface area contributed by atoms with E-state index in [0.717, 1.165) is 0 Å². The van der Waals surface area contributed by atoms with Crippen molar-refractivity contribution in [3.63, 3.8) is 0 Å². The van der Waals surface area contributed by atoms with E-state index in [1.807, 2.05) is 0 Å². The Morgan fingerprint density at radius 3 is 2.75 bits per heavy atom. The smallest absolute Gasteiger partial charge is 0.262 e. The maximum Gasteiger partial charge on any atom is 0.262 e. The normalized spacial score (nSPS) is 10.7. The Labute approximate surface area is 189 Å². The first-order valence-corrected chi connectivity index (χ1v) is 9.81. The lowest BCUT2D eigenvalue weighted by atomic mass is 9.95. The van der Waals surface area contributed by atoms with E-state index in [4.69, 9.17) is 29.9 Å². The highest BCUT2D eigenvalue weighted by molar-refractivity contribution is 6.32. The largest absolute Gasteiger partial charge is 0.484 e. The Morgan fingerprint density at radius 2 is 1.97 bits per heavy atom. The maximum atomic E-state index is 13.4. The fourth-order valence-corrected chi connectivity index (χ4v) is 3.15. The molecule has 0 aliphatic rings. The number of nitrogen functional groups attached to an aromatic ring is 1. The molecule has 3 aromatic carbocycles. The van der Waals surface area contributed by atoms with Crippen LogP contribution in [0.25, 0.3) is 10.9 Å². The fraction of sp³-hybridized carbons (Fsp3) is 0.0455. The van der Waals surface area contributed by atoms with Crippen LogP contribution in [0.1, 0.15) is 0 Å². The van der Waals surface area contributed by atoms with Gasteiger partial charge in [-0.25, -0.2) is 14.4 Å². The van der Waals surface area contributed by atoms with Gasteiger partial charge in [-0.15, -0.1) is 0 Å². The van der Waals surface area contributed by atoms with Gasteiger partial charge in [0.05, 0.1) is 21.9 Å². The number of nitrogens with zero attached hydrogens (tertiary/aromatic N) is 2. The Hall–Kier alpha value is -3.85. The quantitative estimate of drug-likeness (QED) is 0.308. The number of rotatable bonds is 6. The number of hydrogen-bond donors (Lipinski definition) is 3. The molecule has 0 unspecified atom stereocenters. The predicted octanol–water partition coefficient (Wildman–Crippen LogP) is 3.56. The second-order valence-electron chi connectivity index (χ2n) is 6.84. The number of hydrogen-bond acceptors (Lipinski definition) is 6. The lowest BCUT2D eigenvalue weighted by Gasteiger charge is -2.12. The summed E-state index contributed by atoms with van der Waals surface area (Å²) in [7, 11) is 5.66. The van der Waals surface area contributed by atoms with E-state index >= 15 is 0 Å². The van der Waals surface area contributed by atoms with Gasteiger partial charge in [0.15, 0.2) is 6.61 Å². The van der Waals surface area contributed by atoms with Gasteiger partial charge in [0.25, 0.3) is 5.91 Å². The van der Waals surface area contributed by atoms with Gasteiger partial charge in [0.1, 0.15) is 31.6 Å². The zero-order valence-electron chi connectivity index (χ0n) is 16.6. The second kappa shape index (κ2) is 9.11. The lowest BCUT2D eigenvalue weighted by Crippen LogP contribution is -2.21. The van der Waals surface area contributed by atoms with Gasteiger partial charge < -0.3 is 21.1 Å². The summed E-state index contributed by atoms with van der Waals surface area (Å²) in [5.74, 6) is 0.0137. The summed E-state index contributed by atoms with van der Waals surface area (Å²) in [6.45, 7) is -0.237. The van der Waals surface area contributed by atoms with Crippen molar-refractivity contribution >= 4 is 64.6 Å². The number of fused-ring (bicyclic) bond motifs is 1. The molecule has 0 saturated carbocycles. The first-order chi connectivity index (χ1) is 15.4. The van der Waals surface area contributed by atoms with E-state index in [2.05, 4.69) is 20.6 Å². The average molecular weight is 448 g/mol. The van der Waals surface area contributed by atoms with Gasteiger partial charge in [-0.3, -0.25) is 4.79 Å². The van der Waals surface area contributed by atoms with Crippen molar-refractivity contribution in [1.29, 1.82) is 0 Å². The molecule has 0 fully saturated rings. The van der Waals surface area contributed by atoms with Crippen molar-refractivity contribution in [2.45, 2.75) is 0 Å². The minimum absolute atomic E-state index is 0.00913. The lowest BCUT2D eigenvalue weighted by molar-refractivity contribution is -0.118. The molecular weight excluding hydrogens is 432 g/mol. The first-order valence-electron chi connectivity index (χ1n) is 9.43. The van der Waals surface area contributed by atoms with E-state index in [1.165, 1.54) is 18.5 Å². The van der Waals surface area contributed by atoms with Gasteiger partial charge in [-0.2, -0.15) is 0 Å². The number of carbonyl (C=O) groups is 1. The van der Waals surface area contributed by atoms with Crippen molar-refractivity contribution < 1.29 is 13.9 Å². The Balaban J connectivity index is 1.49. The van der Waals surface area contributed by atoms with Crippen LogP contribution in [0.5, 0.6) is 5.75 Å². The second-order valence-corrected chi connectivity index (χ2v) is 7.25. The zero-order valence-corrected chi connectivity index (χ0v) is 17.4. The van der Waals surface area contributed by atoms with Crippen LogP contribution in [0.3, 0.4) is 0 Å². The molecule has 4 rings (SSSR count). The molecule has 158 valence electrons. The molecule has 4 N–H and O–H groups in total. The number of carbonyl (C=O) groups excluding carboxylic acids is 1. The molecular formula is C22H16BClFN5O2. The predicted molar refractivity (Wildman–Crippen MR) is 125 cm³/mol. The van der Waals surface area contributed by atoms with Crippen molar-refractivity contribution in [2.24, 2.45) is 0 Å². The van der Waals surface area contributed by atoms with Crippen LogP contribution < -0.4 is 26.6 Å². The highest BCUT2D eigenvalue weighted by atomic mass is 35.5. The molecule has 0 atom stereocenters. The van der Waals surface area contributed by atoms with Crippen LogP contribution in [0.15, 0.2) is 60.9 Å². The van der Waals surface area contributed by atoms with Crippen molar-refractivity contribution in [3.8, 4) is 5.75 Å². The van der Waals surface area contributed by atoms with Crippen molar-refractivity contribution in [1.82, 2.24) is 9.97 Å². The number of nitrogens with two attached hydrogens (primary N) is 1. The molecule has 10 heteroatoms. The third-order valence-corrected chi connectivity index (χ3v) is 4.80. The highest BCUT2D eigenvalue weighted by Crippen LogP contribution is 2.28. The summed E-state index contributed by atoms with van der Waals surface area (Å²) >= 11 is 5.85. The zero-order chi connectivity index (χ0) is 22.7. The topological polar surface area (TPSA) is 102 Å². The minimum Gasteiger partial charge on any atom is -0.484 e. The van der Waals surface area contributed by atoms with Crippen LogP contribution in [0.2, 0.25) is 5.02 Å². The number of aromatic nitrogens is 2. The summed E-state index contributed by atoms with van der Waals surface area (Å²) in [6.07, 6.45) is 1.40. The van der Waals surface area contributed by atoms with Gasteiger partial charge >= 0.3 is 0 Å². The first kappa shape index (κ1) is 21.4. The number of amides is 1. The van der Waals surface area contributed by atoms with Crippen molar-refractivity contribution in [3.05, 3.63) is 71.8 Å². The van der Waals surface area contributed by atoms with Gasteiger partial charge in [-0.05, 0) is 48.5 Å². The number of ether oxygens (including phenoxy) is 1.